The Balaban J connectivity index is 1.71. The molecule has 1 unspecified atom stereocenters. The minimum Gasteiger partial charge on any atom is -0.340 e. The molecule has 5 heteroatoms. The van der Waals surface area contributed by atoms with Crippen molar-refractivity contribution in [2.75, 3.05) is 5.32 Å². The van der Waals surface area contributed by atoms with Gasteiger partial charge in [-0.25, -0.2) is 4.98 Å². The number of nitrogens with one attached hydrogen (secondary N) is 2. The van der Waals surface area contributed by atoms with E-state index in [4.69, 9.17) is 16.6 Å². The predicted octanol–water partition coefficient (Wildman–Crippen LogP) is 5.48. The van der Waals surface area contributed by atoms with Crippen molar-refractivity contribution < 1.29 is 4.79 Å². The molecular weight excluding hydrogens is 370 g/mol. The van der Waals surface area contributed by atoms with Gasteiger partial charge in [-0.1, -0.05) is 72.3 Å². The van der Waals surface area contributed by atoms with Crippen LogP contribution in [0, 0.1) is 0 Å². The van der Waals surface area contributed by atoms with Crippen molar-refractivity contribution >= 4 is 23.2 Å². The normalized spacial score (nSPS) is 15.3. The van der Waals surface area contributed by atoms with E-state index in [1.54, 1.807) is 0 Å². The number of benzene rings is 3. The summed E-state index contributed by atoms with van der Waals surface area (Å²) < 4.78 is 0. The molecule has 2 heterocycles. The van der Waals surface area contributed by atoms with E-state index < -0.39 is 5.92 Å². The van der Waals surface area contributed by atoms with Crippen LogP contribution < -0.4 is 5.32 Å². The molecule has 3 aromatic carbocycles. The second kappa shape index (κ2) is 6.66. The maximum absolute atomic E-state index is 12.8. The lowest BCUT2D eigenvalue weighted by Crippen LogP contribution is -2.14. The van der Waals surface area contributed by atoms with Crippen molar-refractivity contribution in [1.82, 2.24) is 9.97 Å². The highest BCUT2D eigenvalue weighted by atomic mass is 35.5. The van der Waals surface area contributed by atoms with Crippen LogP contribution in [-0.4, -0.2) is 15.9 Å². The van der Waals surface area contributed by atoms with Gasteiger partial charge in [-0.05, 0) is 23.8 Å². The summed E-state index contributed by atoms with van der Waals surface area (Å²) >= 11 is 6.06. The van der Waals surface area contributed by atoms with Crippen molar-refractivity contribution in [3.05, 3.63) is 95.1 Å². The molecule has 0 saturated carbocycles. The summed E-state index contributed by atoms with van der Waals surface area (Å²) in [4.78, 5) is 21.1. The zero-order valence-electron chi connectivity index (χ0n) is 14.8. The van der Waals surface area contributed by atoms with Crippen LogP contribution in [0.4, 0.5) is 5.69 Å². The lowest BCUT2D eigenvalue weighted by molar-refractivity contribution is -0.116. The number of aromatic nitrogens is 2. The number of aromatic amines is 1. The number of hydrogen-bond donors (Lipinski definition) is 2. The SMILES string of the molecule is O=C1Nc2ccccc2C1c1[nH]c(-c2ccccc2)nc1-c1ccc(Cl)cc1. The molecule has 0 fully saturated rings. The van der Waals surface area contributed by atoms with Crippen molar-refractivity contribution in [1.29, 1.82) is 0 Å². The highest BCUT2D eigenvalue weighted by Crippen LogP contribution is 2.41. The fourth-order valence-electron chi connectivity index (χ4n) is 3.65. The molecule has 1 aromatic heterocycles. The molecule has 5 rings (SSSR count). The maximum Gasteiger partial charge on any atom is 0.238 e. The summed E-state index contributed by atoms with van der Waals surface area (Å²) in [6.07, 6.45) is 0. The number of H-pyrrole nitrogens is 1. The minimum absolute atomic E-state index is 0.0559. The van der Waals surface area contributed by atoms with Crippen molar-refractivity contribution in [2.24, 2.45) is 0 Å². The molecule has 1 aliphatic rings. The summed E-state index contributed by atoms with van der Waals surface area (Å²) in [5.74, 6) is 0.240. The molecule has 4 aromatic rings. The third-order valence-corrected chi connectivity index (χ3v) is 5.23. The Morgan fingerprint density at radius 1 is 0.821 bits per heavy atom. The Hall–Kier alpha value is -3.37. The number of imidazole rings is 1. The second-order valence-corrected chi connectivity index (χ2v) is 7.17. The zero-order valence-corrected chi connectivity index (χ0v) is 15.6. The van der Waals surface area contributed by atoms with Gasteiger partial charge < -0.3 is 10.3 Å². The Morgan fingerprint density at radius 2 is 1.54 bits per heavy atom. The first-order chi connectivity index (χ1) is 13.7. The van der Waals surface area contributed by atoms with Gasteiger partial charge in [-0.2, -0.15) is 0 Å². The highest BCUT2D eigenvalue weighted by molar-refractivity contribution is 6.30. The molecule has 2 N–H and O–H groups in total. The van der Waals surface area contributed by atoms with Crippen LogP contribution in [0.2, 0.25) is 5.02 Å². The number of nitrogens with zero attached hydrogens (tertiary/aromatic N) is 1. The first kappa shape index (κ1) is 16.8. The Morgan fingerprint density at radius 3 is 2.32 bits per heavy atom. The number of rotatable bonds is 3. The van der Waals surface area contributed by atoms with Crippen molar-refractivity contribution in [3.8, 4) is 22.6 Å². The number of hydrogen-bond acceptors (Lipinski definition) is 2. The summed E-state index contributed by atoms with van der Waals surface area (Å²) in [5.41, 5.74) is 5.21. The second-order valence-electron chi connectivity index (χ2n) is 6.73. The van der Waals surface area contributed by atoms with Crippen molar-refractivity contribution in [2.45, 2.75) is 5.92 Å². The smallest absolute Gasteiger partial charge is 0.238 e. The lowest BCUT2D eigenvalue weighted by Gasteiger charge is -2.09. The van der Waals surface area contributed by atoms with Crippen LogP contribution in [0.5, 0.6) is 0 Å². The molecule has 0 aliphatic carbocycles. The number of amides is 1. The third kappa shape index (κ3) is 2.79. The van der Waals surface area contributed by atoms with E-state index in [1.807, 2.05) is 78.9 Å². The average molecular weight is 386 g/mol. The van der Waals surface area contributed by atoms with E-state index >= 15 is 0 Å². The maximum atomic E-state index is 12.8. The summed E-state index contributed by atoms with van der Waals surface area (Å²) in [7, 11) is 0. The van der Waals surface area contributed by atoms with Crippen molar-refractivity contribution in [3.63, 3.8) is 0 Å². The van der Waals surface area contributed by atoms with Crippen LogP contribution in [0.1, 0.15) is 17.2 Å². The largest absolute Gasteiger partial charge is 0.340 e. The minimum atomic E-state index is -0.438. The predicted molar refractivity (Wildman–Crippen MR) is 111 cm³/mol. The topological polar surface area (TPSA) is 57.8 Å². The van der Waals surface area contributed by atoms with E-state index in [-0.39, 0.29) is 5.91 Å². The molecule has 0 radical (unpaired) electrons. The van der Waals surface area contributed by atoms with Crippen LogP contribution >= 0.6 is 11.6 Å². The fraction of sp³-hybridized carbons (Fsp3) is 0.0435. The van der Waals surface area contributed by atoms with Crippen LogP contribution in [0.3, 0.4) is 0 Å². The molecule has 1 atom stereocenters. The van der Waals surface area contributed by atoms with Gasteiger partial charge >= 0.3 is 0 Å². The number of carbonyl (C=O) groups excluding carboxylic acids is 1. The van der Waals surface area contributed by atoms with Gasteiger partial charge in [-0.15, -0.1) is 0 Å². The quantitative estimate of drug-likeness (QED) is 0.490. The Bertz CT molecular complexity index is 1170. The molecule has 28 heavy (non-hydrogen) atoms. The summed E-state index contributed by atoms with van der Waals surface area (Å²) in [6.45, 7) is 0. The highest BCUT2D eigenvalue weighted by Gasteiger charge is 2.35. The van der Waals surface area contributed by atoms with E-state index in [2.05, 4.69) is 10.3 Å². The van der Waals surface area contributed by atoms with Gasteiger partial charge in [0.05, 0.1) is 11.4 Å². The molecule has 4 nitrogen and oxygen atoms in total. The Kier molecular flexibility index (Phi) is 3.99. The summed E-state index contributed by atoms with van der Waals surface area (Å²) in [6, 6.07) is 25.2. The average Bonchev–Trinajstić information content (AvgIpc) is 3.29. The number of para-hydroxylation sites is 1. The van der Waals surface area contributed by atoms with Gasteiger partial charge in [0.1, 0.15) is 11.7 Å². The Labute approximate surface area is 167 Å². The number of halogens is 1. The van der Waals surface area contributed by atoms with Crippen LogP contribution in [0.25, 0.3) is 22.6 Å². The van der Waals surface area contributed by atoms with Gasteiger partial charge in [-0.3, -0.25) is 4.79 Å². The van der Waals surface area contributed by atoms with Gasteiger partial charge in [0.15, 0.2) is 0 Å². The molecule has 1 aliphatic heterocycles. The fourth-order valence-corrected chi connectivity index (χ4v) is 3.78. The van der Waals surface area contributed by atoms with E-state index in [9.17, 15) is 4.79 Å². The standard InChI is InChI=1S/C23H16ClN3O/c24-16-12-10-14(11-13-16)20-21(27-22(26-20)15-6-2-1-3-7-15)19-17-8-4-5-9-18(17)25-23(19)28/h1-13,19H,(H,25,28)(H,26,27). The third-order valence-electron chi connectivity index (χ3n) is 4.98. The number of anilines is 1. The number of fused-ring (bicyclic) bond motifs is 1. The monoisotopic (exact) mass is 385 g/mol. The molecule has 1 amide bonds. The lowest BCUT2D eigenvalue weighted by atomic mass is 9.94. The molecule has 136 valence electrons. The molecular formula is C23H16ClN3O. The van der Waals surface area contributed by atoms with Crippen LogP contribution in [0.15, 0.2) is 78.9 Å². The van der Waals surface area contributed by atoms with E-state index in [0.717, 1.165) is 39.6 Å². The zero-order chi connectivity index (χ0) is 19.1. The molecule has 0 saturated heterocycles. The molecule has 0 bridgehead atoms. The summed E-state index contributed by atoms with van der Waals surface area (Å²) in [5, 5.41) is 3.64. The number of carbonyl (C=O) groups is 1. The first-order valence-corrected chi connectivity index (χ1v) is 9.39. The van der Waals surface area contributed by atoms with E-state index in [0.29, 0.717) is 5.02 Å². The van der Waals surface area contributed by atoms with Gasteiger partial charge in [0.25, 0.3) is 0 Å². The van der Waals surface area contributed by atoms with Crippen LogP contribution in [-0.2, 0) is 4.79 Å². The van der Waals surface area contributed by atoms with E-state index in [1.165, 1.54) is 0 Å². The van der Waals surface area contributed by atoms with Gasteiger partial charge in [0.2, 0.25) is 5.91 Å². The molecule has 0 spiro atoms. The van der Waals surface area contributed by atoms with Gasteiger partial charge in [0, 0.05) is 21.8 Å². The first-order valence-electron chi connectivity index (χ1n) is 9.02.